The molecule has 0 saturated heterocycles. The summed E-state index contributed by atoms with van der Waals surface area (Å²) >= 11 is 5.87. The fourth-order valence-electron chi connectivity index (χ4n) is 1.32. The van der Waals surface area contributed by atoms with Crippen molar-refractivity contribution in [3.05, 3.63) is 49.1 Å². The summed E-state index contributed by atoms with van der Waals surface area (Å²) in [5.41, 5.74) is -0.643. The molecule has 7 nitrogen and oxygen atoms in total. The highest BCUT2D eigenvalue weighted by Gasteiger charge is 2.21. The van der Waals surface area contributed by atoms with E-state index in [0.717, 1.165) is 18.7 Å². The van der Waals surface area contributed by atoms with Gasteiger partial charge in [0.25, 0.3) is 11.4 Å². The molecule has 0 atom stereocenters. The van der Waals surface area contributed by atoms with Crippen LogP contribution in [0.15, 0.2) is 18.3 Å². The molecule has 1 rings (SSSR count). The van der Waals surface area contributed by atoms with Crippen molar-refractivity contribution in [2.24, 2.45) is 0 Å². The molecule has 0 fully saturated rings. The third kappa shape index (κ3) is 3.65. The van der Waals surface area contributed by atoms with Crippen molar-refractivity contribution in [1.29, 1.82) is 0 Å². The third-order valence-corrected chi connectivity index (χ3v) is 2.81. The maximum absolute atomic E-state index is 10.9. The average Bonchev–Trinajstić information content (AvgIpc) is 2.35. The number of nitro benzene ring substituents is 2. The zero-order valence-corrected chi connectivity index (χ0v) is 11.1. The number of nitro groups is 2. The van der Waals surface area contributed by atoms with Gasteiger partial charge in [-0.25, -0.2) is 0 Å². The van der Waals surface area contributed by atoms with Crippen molar-refractivity contribution in [3.63, 3.8) is 0 Å². The highest BCUT2D eigenvalue weighted by atomic mass is 35.5. The van der Waals surface area contributed by atoms with E-state index >= 15 is 0 Å². The quantitative estimate of drug-likeness (QED) is 0.612. The Labute approximate surface area is 114 Å². The molecule has 0 aromatic heterocycles. The molecular formula is C11H12ClN3O4. The van der Waals surface area contributed by atoms with E-state index in [4.69, 9.17) is 11.6 Å². The van der Waals surface area contributed by atoms with E-state index in [2.05, 4.69) is 0 Å². The van der Waals surface area contributed by atoms with Crippen molar-refractivity contribution in [3.8, 4) is 0 Å². The molecule has 0 amide bonds. The lowest BCUT2D eigenvalue weighted by molar-refractivity contribution is -0.394. The molecule has 0 spiro atoms. The predicted molar refractivity (Wildman–Crippen MR) is 72.1 cm³/mol. The predicted octanol–water partition coefficient (Wildman–Crippen LogP) is 3.08. The molecule has 0 aliphatic rings. The fraction of sp³-hybridized carbons (Fsp3) is 0.273. The van der Waals surface area contributed by atoms with Gasteiger partial charge < -0.3 is 4.90 Å². The summed E-state index contributed by atoms with van der Waals surface area (Å²) < 4.78 is 0. The van der Waals surface area contributed by atoms with Crippen LogP contribution in [-0.4, -0.2) is 28.3 Å². The molecule has 0 radical (unpaired) electrons. The van der Waals surface area contributed by atoms with Crippen LogP contribution in [-0.2, 0) is 0 Å². The van der Waals surface area contributed by atoms with E-state index in [0.29, 0.717) is 0 Å². The summed E-state index contributed by atoms with van der Waals surface area (Å²) in [6.07, 6.45) is 3.09. The van der Waals surface area contributed by atoms with Crippen LogP contribution in [0.3, 0.4) is 0 Å². The van der Waals surface area contributed by atoms with E-state index in [1.54, 1.807) is 18.1 Å². The van der Waals surface area contributed by atoms with Crippen molar-refractivity contribution in [2.75, 3.05) is 13.6 Å². The highest BCUT2D eigenvalue weighted by molar-refractivity contribution is 6.32. The molecular weight excluding hydrogens is 274 g/mol. The normalized spacial score (nSPS) is 10.7. The Morgan fingerprint density at radius 1 is 1.32 bits per heavy atom. The van der Waals surface area contributed by atoms with Gasteiger partial charge in [-0.2, -0.15) is 0 Å². The molecule has 1 aromatic rings. The number of nitrogens with zero attached hydrogens (tertiary/aromatic N) is 3. The van der Waals surface area contributed by atoms with Gasteiger partial charge >= 0.3 is 0 Å². The van der Waals surface area contributed by atoms with Crippen LogP contribution in [0.4, 0.5) is 11.4 Å². The molecule has 0 N–H and O–H groups in total. The first-order valence-corrected chi connectivity index (χ1v) is 5.75. The summed E-state index contributed by atoms with van der Waals surface area (Å²) in [5.74, 6) is 0. The smallest absolute Gasteiger partial charge is 0.285 e. The van der Waals surface area contributed by atoms with E-state index in [9.17, 15) is 20.2 Å². The SMILES string of the molecule is CCN(C)/C=C/c1c(Cl)cc([N+](=O)[O-])cc1[N+](=O)[O-]. The molecule has 8 heteroatoms. The molecule has 0 saturated carbocycles. The first-order chi connectivity index (χ1) is 8.86. The van der Waals surface area contributed by atoms with Gasteiger partial charge in [0.15, 0.2) is 0 Å². The van der Waals surface area contributed by atoms with Gasteiger partial charge in [-0.1, -0.05) is 11.6 Å². The Morgan fingerprint density at radius 3 is 2.42 bits per heavy atom. The summed E-state index contributed by atoms with van der Waals surface area (Å²) in [6, 6.07) is 2.00. The monoisotopic (exact) mass is 285 g/mol. The van der Waals surface area contributed by atoms with Gasteiger partial charge in [0.2, 0.25) is 0 Å². The van der Waals surface area contributed by atoms with Crippen LogP contribution in [0.25, 0.3) is 6.08 Å². The number of rotatable bonds is 5. The molecule has 0 unspecified atom stereocenters. The number of benzene rings is 1. The lowest BCUT2D eigenvalue weighted by Gasteiger charge is -2.09. The van der Waals surface area contributed by atoms with Crippen LogP contribution >= 0.6 is 11.6 Å². The minimum Gasteiger partial charge on any atom is -0.381 e. The Hall–Kier alpha value is -2.15. The minimum atomic E-state index is -0.718. The van der Waals surface area contributed by atoms with Crippen molar-refractivity contribution >= 4 is 29.1 Å². The van der Waals surface area contributed by atoms with Crippen LogP contribution < -0.4 is 0 Å². The second-order valence-electron chi connectivity index (χ2n) is 3.76. The summed E-state index contributed by atoms with van der Waals surface area (Å²) in [6.45, 7) is 2.63. The highest BCUT2D eigenvalue weighted by Crippen LogP contribution is 2.32. The second kappa shape index (κ2) is 6.14. The second-order valence-corrected chi connectivity index (χ2v) is 4.17. The average molecular weight is 286 g/mol. The summed E-state index contributed by atoms with van der Waals surface area (Å²) in [4.78, 5) is 22.0. The lowest BCUT2D eigenvalue weighted by Crippen LogP contribution is -2.08. The first kappa shape index (κ1) is 14.9. The van der Waals surface area contributed by atoms with Gasteiger partial charge in [-0.15, -0.1) is 0 Å². The van der Waals surface area contributed by atoms with Gasteiger partial charge in [0, 0.05) is 19.7 Å². The van der Waals surface area contributed by atoms with Crippen LogP contribution in [0.1, 0.15) is 12.5 Å². The Bertz CT molecular complexity index is 545. The molecule has 19 heavy (non-hydrogen) atoms. The van der Waals surface area contributed by atoms with Crippen LogP contribution in [0.5, 0.6) is 0 Å². The van der Waals surface area contributed by atoms with Crippen molar-refractivity contribution < 1.29 is 9.85 Å². The Morgan fingerprint density at radius 2 is 1.95 bits per heavy atom. The van der Waals surface area contributed by atoms with Crippen LogP contribution in [0.2, 0.25) is 5.02 Å². The van der Waals surface area contributed by atoms with Gasteiger partial charge in [-0.05, 0) is 19.2 Å². The maximum Gasteiger partial charge on any atom is 0.285 e. The largest absolute Gasteiger partial charge is 0.381 e. The Balaban J connectivity index is 3.34. The van der Waals surface area contributed by atoms with E-state index in [-0.39, 0.29) is 16.3 Å². The number of hydrogen-bond donors (Lipinski definition) is 0. The number of non-ortho nitro benzene ring substituents is 1. The molecule has 0 heterocycles. The van der Waals surface area contributed by atoms with Crippen LogP contribution in [0, 0.1) is 20.2 Å². The minimum absolute atomic E-state index is 0.0262. The first-order valence-electron chi connectivity index (χ1n) is 5.37. The fourth-order valence-corrected chi connectivity index (χ4v) is 1.59. The van der Waals surface area contributed by atoms with Crippen molar-refractivity contribution in [1.82, 2.24) is 4.90 Å². The topological polar surface area (TPSA) is 89.5 Å². The number of halogens is 1. The molecule has 0 aliphatic heterocycles. The molecule has 0 aliphatic carbocycles. The standard InChI is InChI=1S/C11H12ClN3O4/c1-3-13(2)5-4-9-10(12)6-8(14(16)17)7-11(9)15(18)19/h4-7H,3H2,1-2H3/b5-4+. The number of hydrogen-bond acceptors (Lipinski definition) is 5. The Kier molecular flexibility index (Phi) is 4.82. The van der Waals surface area contributed by atoms with E-state index < -0.39 is 15.5 Å². The van der Waals surface area contributed by atoms with E-state index in [1.165, 1.54) is 6.08 Å². The zero-order valence-electron chi connectivity index (χ0n) is 10.4. The van der Waals surface area contributed by atoms with E-state index in [1.807, 2.05) is 6.92 Å². The van der Waals surface area contributed by atoms with Gasteiger partial charge in [-0.3, -0.25) is 20.2 Å². The molecule has 0 bridgehead atoms. The third-order valence-electron chi connectivity index (χ3n) is 2.49. The summed E-state index contributed by atoms with van der Waals surface area (Å²) in [5, 5.41) is 21.6. The summed E-state index contributed by atoms with van der Waals surface area (Å²) in [7, 11) is 1.79. The lowest BCUT2D eigenvalue weighted by atomic mass is 10.1. The zero-order chi connectivity index (χ0) is 14.6. The van der Waals surface area contributed by atoms with Crippen molar-refractivity contribution in [2.45, 2.75) is 6.92 Å². The molecule has 102 valence electrons. The molecule has 1 aromatic carbocycles. The van der Waals surface area contributed by atoms with Gasteiger partial charge in [0.05, 0.1) is 26.5 Å². The maximum atomic E-state index is 10.9. The van der Waals surface area contributed by atoms with Gasteiger partial charge in [0.1, 0.15) is 0 Å².